The van der Waals surface area contributed by atoms with Crippen molar-refractivity contribution in [3.05, 3.63) is 63.6 Å². The summed E-state index contributed by atoms with van der Waals surface area (Å²) in [5, 5.41) is 2.98. The zero-order valence-corrected chi connectivity index (χ0v) is 17.0. The van der Waals surface area contributed by atoms with Crippen molar-refractivity contribution >= 4 is 40.7 Å². The van der Waals surface area contributed by atoms with E-state index in [2.05, 4.69) is 5.32 Å². The minimum absolute atomic E-state index is 0.0837. The molecule has 0 heterocycles. The highest BCUT2D eigenvalue weighted by Crippen LogP contribution is 2.34. The minimum Gasteiger partial charge on any atom is -0.334 e. The van der Waals surface area contributed by atoms with Crippen LogP contribution in [0.4, 0.5) is 18.9 Å². The van der Waals surface area contributed by atoms with E-state index in [1.165, 1.54) is 23.1 Å². The molecule has 0 aromatic heterocycles. The topological polar surface area (TPSA) is 49.4 Å². The number of hydrogen-bond donors (Lipinski definition) is 1. The standard InChI is InChI=1S/C20H19Cl2F3N2O2/c1-2-27(18(29)11-10-13-6-5-8-15(21)19(13)22)12-17(28)26-16-9-4-3-7-14(16)20(23,24)25/h3-9H,2,10-12H2,1H3,(H,26,28). The van der Waals surface area contributed by atoms with Crippen molar-refractivity contribution in [2.24, 2.45) is 0 Å². The predicted molar refractivity (Wildman–Crippen MR) is 107 cm³/mol. The number of carbonyl (C=O) groups is 2. The predicted octanol–water partition coefficient (Wildman–Crippen LogP) is 5.43. The van der Waals surface area contributed by atoms with Crippen LogP contribution in [0.1, 0.15) is 24.5 Å². The number of carbonyl (C=O) groups excluding carboxylic acids is 2. The molecule has 4 nitrogen and oxygen atoms in total. The Morgan fingerprint density at radius 1 is 1.07 bits per heavy atom. The lowest BCUT2D eigenvalue weighted by Gasteiger charge is -2.21. The summed E-state index contributed by atoms with van der Waals surface area (Å²) in [5.41, 5.74) is -0.593. The van der Waals surface area contributed by atoms with Crippen molar-refractivity contribution in [2.45, 2.75) is 25.9 Å². The first-order chi connectivity index (χ1) is 13.6. The Morgan fingerprint density at radius 3 is 2.41 bits per heavy atom. The van der Waals surface area contributed by atoms with Gasteiger partial charge in [-0.1, -0.05) is 47.5 Å². The van der Waals surface area contributed by atoms with Crippen molar-refractivity contribution in [3.8, 4) is 0 Å². The third-order valence-electron chi connectivity index (χ3n) is 4.22. The average Bonchev–Trinajstić information content (AvgIpc) is 2.66. The number of halogens is 5. The van der Waals surface area contributed by atoms with Crippen LogP contribution in [0.15, 0.2) is 42.5 Å². The third kappa shape index (κ3) is 6.37. The maximum Gasteiger partial charge on any atom is 0.418 e. The van der Waals surface area contributed by atoms with Crippen molar-refractivity contribution in [1.29, 1.82) is 0 Å². The number of likely N-dealkylation sites (N-methyl/N-ethyl adjacent to an activating group) is 1. The van der Waals surface area contributed by atoms with Gasteiger partial charge in [-0.05, 0) is 37.1 Å². The van der Waals surface area contributed by atoms with Gasteiger partial charge < -0.3 is 10.2 Å². The monoisotopic (exact) mass is 446 g/mol. The number of nitrogens with one attached hydrogen (secondary N) is 1. The van der Waals surface area contributed by atoms with Gasteiger partial charge in [-0.15, -0.1) is 0 Å². The summed E-state index contributed by atoms with van der Waals surface area (Å²) < 4.78 is 39.1. The summed E-state index contributed by atoms with van der Waals surface area (Å²) in [4.78, 5) is 25.9. The molecule has 9 heteroatoms. The molecule has 2 amide bonds. The van der Waals surface area contributed by atoms with Crippen LogP contribution < -0.4 is 5.32 Å². The van der Waals surface area contributed by atoms with Gasteiger partial charge in [0.25, 0.3) is 0 Å². The van der Waals surface area contributed by atoms with Gasteiger partial charge in [0.1, 0.15) is 0 Å². The molecule has 1 N–H and O–H groups in total. The Morgan fingerprint density at radius 2 is 1.76 bits per heavy atom. The zero-order valence-electron chi connectivity index (χ0n) is 15.5. The lowest BCUT2D eigenvalue weighted by molar-refractivity contribution is -0.137. The van der Waals surface area contributed by atoms with Gasteiger partial charge >= 0.3 is 6.18 Å². The fourth-order valence-electron chi connectivity index (χ4n) is 2.72. The molecule has 0 fully saturated rings. The van der Waals surface area contributed by atoms with E-state index >= 15 is 0 Å². The third-order valence-corrected chi connectivity index (χ3v) is 5.07. The van der Waals surface area contributed by atoms with Gasteiger partial charge in [0.05, 0.1) is 27.8 Å². The number of nitrogens with zero attached hydrogens (tertiary/aromatic N) is 1. The Kier molecular flexibility index (Phi) is 7.93. The summed E-state index contributed by atoms with van der Waals surface area (Å²) in [6.45, 7) is 1.56. The molecule has 2 aromatic carbocycles. The Hall–Kier alpha value is -2.25. The first-order valence-corrected chi connectivity index (χ1v) is 9.55. The molecule has 0 spiro atoms. The number of benzene rings is 2. The maximum atomic E-state index is 13.0. The number of alkyl halides is 3. The highest BCUT2D eigenvalue weighted by atomic mass is 35.5. The summed E-state index contributed by atoms with van der Waals surface area (Å²) in [6, 6.07) is 9.78. The van der Waals surface area contributed by atoms with E-state index in [-0.39, 0.29) is 31.1 Å². The number of hydrogen-bond acceptors (Lipinski definition) is 2. The van der Waals surface area contributed by atoms with Crippen molar-refractivity contribution in [2.75, 3.05) is 18.4 Å². The highest BCUT2D eigenvalue weighted by molar-refractivity contribution is 6.42. The zero-order chi connectivity index (χ0) is 21.6. The molecule has 0 aliphatic carbocycles. The van der Waals surface area contributed by atoms with E-state index in [0.717, 1.165) is 6.07 Å². The van der Waals surface area contributed by atoms with Crippen LogP contribution in [0.3, 0.4) is 0 Å². The molecule has 0 bridgehead atoms. The van der Waals surface area contributed by atoms with E-state index in [1.807, 2.05) is 0 Å². The average molecular weight is 447 g/mol. The quantitative estimate of drug-likeness (QED) is 0.615. The van der Waals surface area contributed by atoms with Gasteiger partial charge in [0, 0.05) is 13.0 Å². The van der Waals surface area contributed by atoms with Crippen molar-refractivity contribution in [3.63, 3.8) is 0 Å². The molecular formula is C20H19Cl2F3N2O2. The molecule has 0 aliphatic rings. The molecule has 0 saturated heterocycles. The van der Waals surface area contributed by atoms with Gasteiger partial charge in [0.15, 0.2) is 0 Å². The second kappa shape index (κ2) is 9.98. The van der Waals surface area contributed by atoms with Crippen LogP contribution in [-0.4, -0.2) is 29.8 Å². The normalized spacial score (nSPS) is 11.2. The smallest absolute Gasteiger partial charge is 0.334 e. The van der Waals surface area contributed by atoms with Crippen LogP contribution in [0.5, 0.6) is 0 Å². The first-order valence-electron chi connectivity index (χ1n) is 8.80. The van der Waals surface area contributed by atoms with E-state index in [4.69, 9.17) is 23.2 Å². The van der Waals surface area contributed by atoms with Crippen LogP contribution in [0.25, 0.3) is 0 Å². The van der Waals surface area contributed by atoms with Gasteiger partial charge in [-0.3, -0.25) is 9.59 Å². The largest absolute Gasteiger partial charge is 0.418 e. The minimum atomic E-state index is -4.60. The lowest BCUT2D eigenvalue weighted by Crippen LogP contribution is -2.38. The SMILES string of the molecule is CCN(CC(=O)Nc1ccccc1C(F)(F)F)C(=O)CCc1cccc(Cl)c1Cl. The first kappa shape index (κ1) is 23.0. The molecule has 0 unspecified atom stereocenters. The molecule has 2 aromatic rings. The van der Waals surface area contributed by atoms with E-state index in [1.54, 1.807) is 25.1 Å². The molecule has 0 atom stereocenters. The van der Waals surface area contributed by atoms with E-state index < -0.39 is 17.6 Å². The molecule has 0 aliphatic heterocycles. The van der Waals surface area contributed by atoms with Gasteiger partial charge in [-0.2, -0.15) is 13.2 Å². The second-order valence-corrected chi connectivity index (χ2v) is 7.00. The molecule has 0 saturated carbocycles. The summed E-state index contributed by atoms with van der Waals surface area (Å²) >= 11 is 12.1. The molecule has 0 radical (unpaired) electrons. The van der Waals surface area contributed by atoms with E-state index in [0.29, 0.717) is 22.0 Å². The van der Waals surface area contributed by atoms with Gasteiger partial charge in [-0.25, -0.2) is 0 Å². The molecule has 2 rings (SSSR count). The Bertz CT molecular complexity index is 888. The number of aryl methyl sites for hydroxylation is 1. The summed E-state index contributed by atoms with van der Waals surface area (Å²) in [6.07, 6.45) is -4.19. The number of anilines is 1. The second-order valence-electron chi connectivity index (χ2n) is 6.21. The summed E-state index contributed by atoms with van der Waals surface area (Å²) in [7, 11) is 0. The van der Waals surface area contributed by atoms with Crippen molar-refractivity contribution < 1.29 is 22.8 Å². The van der Waals surface area contributed by atoms with Crippen LogP contribution in [-0.2, 0) is 22.2 Å². The van der Waals surface area contributed by atoms with Crippen LogP contribution >= 0.6 is 23.2 Å². The van der Waals surface area contributed by atoms with Crippen LogP contribution in [0.2, 0.25) is 10.0 Å². The number of para-hydroxylation sites is 1. The fraction of sp³-hybridized carbons (Fsp3) is 0.300. The molecule has 29 heavy (non-hydrogen) atoms. The van der Waals surface area contributed by atoms with E-state index in [9.17, 15) is 22.8 Å². The molecule has 156 valence electrons. The number of amides is 2. The van der Waals surface area contributed by atoms with Crippen molar-refractivity contribution in [1.82, 2.24) is 4.90 Å². The number of rotatable bonds is 7. The summed E-state index contributed by atoms with van der Waals surface area (Å²) in [5.74, 6) is -1.03. The molecular weight excluding hydrogens is 428 g/mol. The Balaban J connectivity index is 1.99. The maximum absolute atomic E-state index is 13.0. The highest BCUT2D eigenvalue weighted by Gasteiger charge is 2.33. The van der Waals surface area contributed by atoms with Crippen LogP contribution in [0, 0.1) is 0 Å². The lowest BCUT2D eigenvalue weighted by atomic mass is 10.1. The Labute approximate surface area is 176 Å². The fourth-order valence-corrected chi connectivity index (χ4v) is 3.13. The van der Waals surface area contributed by atoms with Gasteiger partial charge in [0.2, 0.25) is 11.8 Å².